The summed E-state index contributed by atoms with van der Waals surface area (Å²) in [6.45, 7) is 4.22. The van der Waals surface area contributed by atoms with E-state index in [2.05, 4.69) is 6.58 Å². The monoisotopic (exact) mass is 223 g/mol. The van der Waals surface area contributed by atoms with E-state index in [-0.39, 0.29) is 5.92 Å². The van der Waals surface area contributed by atoms with E-state index in [0.717, 1.165) is 5.56 Å². The third-order valence-corrected chi connectivity index (χ3v) is 4.64. The fraction of sp³-hybridized carbons (Fsp3) is 0.273. The summed E-state index contributed by atoms with van der Waals surface area (Å²) >= 11 is 0. The van der Waals surface area contributed by atoms with Crippen LogP contribution in [0.4, 0.5) is 0 Å². The summed E-state index contributed by atoms with van der Waals surface area (Å²) < 4.78 is 25.3. The van der Waals surface area contributed by atoms with Crippen molar-refractivity contribution in [1.82, 2.24) is 4.31 Å². The molecule has 0 saturated carbocycles. The second-order valence-corrected chi connectivity index (χ2v) is 5.68. The maximum Gasteiger partial charge on any atom is 0.243 e. The standard InChI is InChI=1S/C11H13NO2S/c1-3-9-8-12(2)15(13,14)11-7-5-4-6-10(9)11/h3-7,9H,1,8H2,2H3. The number of sulfonamides is 1. The SMILES string of the molecule is C=CC1CN(C)S(=O)(=O)c2ccccc21. The highest BCUT2D eigenvalue weighted by Crippen LogP contribution is 2.32. The third-order valence-electron chi connectivity index (χ3n) is 2.75. The van der Waals surface area contributed by atoms with E-state index in [1.807, 2.05) is 12.1 Å². The molecule has 1 aliphatic rings. The predicted octanol–water partition coefficient (Wildman–Crippen LogP) is 1.59. The lowest BCUT2D eigenvalue weighted by atomic mass is 9.99. The van der Waals surface area contributed by atoms with Crippen molar-refractivity contribution in [3.8, 4) is 0 Å². The largest absolute Gasteiger partial charge is 0.243 e. The van der Waals surface area contributed by atoms with Crippen LogP contribution in [0.3, 0.4) is 0 Å². The van der Waals surface area contributed by atoms with E-state index in [1.165, 1.54) is 4.31 Å². The summed E-state index contributed by atoms with van der Waals surface area (Å²) in [5, 5.41) is 0. The number of fused-ring (bicyclic) bond motifs is 1. The summed E-state index contributed by atoms with van der Waals surface area (Å²) in [4.78, 5) is 0.406. The van der Waals surface area contributed by atoms with E-state index in [1.54, 1.807) is 25.3 Å². The van der Waals surface area contributed by atoms with Crippen molar-refractivity contribution in [2.45, 2.75) is 10.8 Å². The Morgan fingerprint density at radius 3 is 2.80 bits per heavy atom. The van der Waals surface area contributed by atoms with Gasteiger partial charge in [-0.2, -0.15) is 4.31 Å². The Hall–Kier alpha value is -1.13. The van der Waals surface area contributed by atoms with Crippen molar-refractivity contribution in [2.75, 3.05) is 13.6 Å². The van der Waals surface area contributed by atoms with Gasteiger partial charge < -0.3 is 0 Å². The van der Waals surface area contributed by atoms with Gasteiger partial charge in [0.2, 0.25) is 10.0 Å². The van der Waals surface area contributed by atoms with Gasteiger partial charge >= 0.3 is 0 Å². The van der Waals surface area contributed by atoms with Crippen LogP contribution >= 0.6 is 0 Å². The van der Waals surface area contributed by atoms with Crippen LogP contribution in [-0.4, -0.2) is 26.3 Å². The minimum atomic E-state index is -3.28. The molecule has 1 aliphatic heterocycles. The molecule has 0 N–H and O–H groups in total. The van der Waals surface area contributed by atoms with Crippen molar-refractivity contribution in [2.24, 2.45) is 0 Å². The van der Waals surface area contributed by atoms with Gasteiger partial charge in [0, 0.05) is 19.5 Å². The lowest BCUT2D eigenvalue weighted by molar-refractivity contribution is 0.440. The smallest absolute Gasteiger partial charge is 0.207 e. The first-order valence-corrected chi connectivity index (χ1v) is 6.19. The van der Waals surface area contributed by atoms with Gasteiger partial charge in [-0.05, 0) is 11.6 Å². The molecule has 0 radical (unpaired) electrons. The molecule has 0 spiro atoms. The number of benzene rings is 1. The molecule has 1 atom stereocenters. The average molecular weight is 223 g/mol. The van der Waals surface area contributed by atoms with Crippen LogP contribution in [0.2, 0.25) is 0 Å². The average Bonchev–Trinajstić information content (AvgIpc) is 2.24. The van der Waals surface area contributed by atoms with Gasteiger partial charge in [-0.3, -0.25) is 0 Å². The molecular weight excluding hydrogens is 210 g/mol. The first-order chi connectivity index (χ1) is 7.07. The molecule has 15 heavy (non-hydrogen) atoms. The van der Waals surface area contributed by atoms with Crippen LogP contribution in [0, 0.1) is 0 Å². The maximum atomic E-state index is 12.0. The molecule has 2 rings (SSSR count). The normalized spacial score (nSPS) is 24.5. The molecule has 0 saturated heterocycles. The van der Waals surface area contributed by atoms with Gasteiger partial charge in [0.15, 0.2) is 0 Å². The minimum Gasteiger partial charge on any atom is -0.207 e. The molecule has 0 amide bonds. The molecule has 0 fully saturated rings. The summed E-state index contributed by atoms with van der Waals surface area (Å²) in [6, 6.07) is 7.11. The van der Waals surface area contributed by atoms with Gasteiger partial charge in [0.05, 0.1) is 4.90 Å². The van der Waals surface area contributed by atoms with Crippen molar-refractivity contribution < 1.29 is 8.42 Å². The Labute approximate surface area is 90.1 Å². The van der Waals surface area contributed by atoms with Crippen LogP contribution in [0.1, 0.15) is 11.5 Å². The molecule has 3 nitrogen and oxygen atoms in total. The van der Waals surface area contributed by atoms with Gasteiger partial charge in [0.25, 0.3) is 0 Å². The Morgan fingerprint density at radius 2 is 2.13 bits per heavy atom. The third kappa shape index (κ3) is 1.50. The number of rotatable bonds is 1. The van der Waals surface area contributed by atoms with E-state index in [4.69, 9.17) is 0 Å². The Morgan fingerprint density at radius 1 is 1.47 bits per heavy atom. The summed E-state index contributed by atoms with van der Waals surface area (Å²) in [5.74, 6) is 0.0923. The molecule has 1 unspecified atom stereocenters. The van der Waals surface area contributed by atoms with E-state index < -0.39 is 10.0 Å². The number of hydrogen-bond acceptors (Lipinski definition) is 2. The van der Waals surface area contributed by atoms with Gasteiger partial charge in [-0.1, -0.05) is 24.3 Å². The molecule has 1 aromatic rings. The molecule has 0 aromatic heterocycles. The Kier molecular flexibility index (Phi) is 2.40. The van der Waals surface area contributed by atoms with Crippen LogP contribution < -0.4 is 0 Å². The van der Waals surface area contributed by atoms with Gasteiger partial charge in [0.1, 0.15) is 0 Å². The van der Waals surface area contributed by atoms with Crippen LogP contribution in [0.15, 0.2) is 41.8 Å². The second-order valence-electron chi connectivity index (χ2n) is 3.67. The first kappa shape index (κ1) is 10.4. The fourth-order valence-electron chi connectivity index (χ4n) is 1.86. The van der Waals surface area contributed by atoms with Crippen molar-refractivity contribution in [3.63, 3.8) is 0 Å². The second kappa shape index (κ2) is 3.47. The topological polar surface area (TPSA) is 37.4 Å². The lowest BCUT2D eigenvalue weighted by Gasteiger charge is -2.29. The number of likely N-dealkylation sites (N-methyl/N-ethyl adjacent to an activating group) is 1. The number of nitrogens with zero attached hydrogens (tertiary/aromatic N) is 1. The van der Waals surface area contributed by atoms with E-state index >= 15 is 0 Å². The zero-order valence-electron chi connectivity index (χ0n) is 8.55. The van der Waals surface area contributed by atoms with Gasteiger partial charge in [-0.25, -0.2) is 8.42 Å². The Bertz CT molecular complexity index is 493. The summed E-state index contributed by atoms with van der Waals surface area (Å²) in [6.07, 6.45) is 1.80. The zero-order valence-corrected chi connectivity index (χ0v) is 9.37. The molecule has 0 aliphatic carbocycles. The van der Waals surface area contributed by atoms with Crippen molar-refractivity contribution in [1.29, 1.82) is 0 Å². The highest BCUT2D eigenvalue weighted by molar-refractivity contribution is 7.89. The highest BCUT2D eigenvalue weighted by atomic mass is 32.2. The van der Waals surface area contributed by atoms with E-state index in [9.17, 15) is 8.42 Å². The molecule has 1 heterocycles. The molecule has 4 heteroatoms. The maximum absolute atomic E-state index is 12.0. The lowest BCUT2D eigenvalue weighted by Crippen LogP contribution is -2.36. The van der Waals surface area contributed by atoms with Gasteiger partial charge in [-0.15, -0.1) is 6.58 Å². The van der Waals surface area contributed by atoms with Crippen molar-refractivity contribution in [3.05, 3.63) is 42.5 Å². The van der Waals surface area contributed by atoms with E-state index in [0.29, 0.717) is 11.4 Å². The fourth-order valence-corrected chi connectivity index (χ4v) is 3.33. The van der Waals surface area contributed by atoms with Crippen LogP contribution in [0.5, 0.6) is 0 Å². The van der Waals surface area contributed by atoms with Crippen LogP contribution in [-0.2, 0) is 10.0 Å². The quantitative estimate of drug-likeness (QED) is 0.678. The molecular formula is C11H13NO2S. The molecule has 0 bridgehead atoms. The number of hydrogen-bond donors (Lipinski definition) is 0. The molecule has 80 valence electrons. The van der Waals surface area contributed by atoms with Crippen molar-refractivity contribution >= 4 is 10.0 Å². The summed E-state index contributed by atoms with van der Waals surface area (Å²) in [5.41, 5.74) is 0.852. The first-order valence-electron chi connectivity index (χ1n) is 4.75. The minimum absolute atomic E-state index is 0.0923. The predicted molar refractivity (Wildman–Crippen MR) is 59.2 cm³/mol. The molecule has 1 aromatic carbocycles. The zero-order chi connectivity index (χ0) is 11.1. The summed E-state index contributed by atoms with van der Waals surface area (Å²) in [7, 11) is -1.68. The Balaban J connectivity index is 2.69. The highest BCUT2D eigenvalue weighted by Gasteiger charge is 2.32. The van der Waals surface area contributed by atoms with Crippen LogP contribution in [0.25, 0.3) is 0 Å².